The van der Waals surface area contributed by atoms with Crippen LogP contribution in [-0.2, 0) is 17.6 Å². The van der Waals surface area contributed by atoms with Gasteiger partial charge in [0, 0.05) is 24.5 Å². The summed E-state index contributed by atoms with van der Waals surface area (Å²) in [5.41, 5.74) is 4.99. The van der Waals surface area contributed by atoms with Crippen molar-refractivity contribution in [3.05, 3.63) is 83.2 Å². The Labute approximate surface area is 186 Å². The fourth-order valence-corrected chi connectivity index (χ4v) is 4.11. The summed E-state index contributed by atoms with van der Waals surface area (Å²) in [6.07, 6.45) is 13.7. The van der Waals surface area contributed by atoms with Gasteiger partial charge in [0.15, 0.2) is 0 Å². The molecule has 2 aromatic carbocycles. The number of aromatic nitrogens is 1. The van der Waals surface area contributed by atoms with Crippen molar-refractivity contribution in [3.63, 3.8) is 0 Å². The van der Waals surface area contributed by atoms with Crippen molar-refractivity contribution < 1.29 is 4.79 Å². The number of benzene rings is 2. The second-order valence-corrected chi connectivity index (χ2v) is 8.41. The van der Waals surface area contributed by atoms with Crippen LogP contribution in [0.3, 0.4) is 0 Å². The van der Waals surface area contributed by atoms with Gasteiger partial charge in [0.05, 0.1) is 0 Å². The molecule has 0 aliphatic rings. The number of carbonyl (C=O) groups excluding carboxylic acids is 1. The largest absolute Gasteiger partial charge is 0.350 e. The van der Waals surface area contributed by atoms with Crippen LogP contribution in [0.2, 0.25) is 0 Å². The molecule has 0 saturated carbocycles. The standard InChI is InChI=1S/C28H34N2O/c1-4-5-13-26-24(19-21(2)25-14-6-7-15-27(25)26)16-17-28(31)30-22(3)10-8-11-23-12-9-18-29-20-23/h6-7,9,12,14-20,22H,4-5,8,10-11,13H2,1-3H3,(H,30,31)/b17-16+. The molecule has 0 saturated heterocycles. The lowest BCUT2D eigenvalue weighted by Crippen LogP contribution is -2.31. The van der Waals surface area contributed by atoms with Crippen LogP contribution in [-0.4, -0.2) is 16.9 Å². The molecular formula is C28H34N2O. The molecule has 3 heteroatoms. The Morgan fingerprint density at radius 3 is 2.65 bits per heavy atom. The van der Waals surface area contributed by atoms with E-state index in [1.165, 1.54) is 27.5 Å². The maximum Gasteiger partial charge on any atom is 0.244 e. The number of fused-ring (bicyclic) bond motifs is 1. The Morgan fingerprint density at radius 2 is 1.90 bits per heavy atom. The smallest absolute Gasteiger partial charge is 0.244 e. The van der Waals surface area contributed by atoms with Gasteiger partial charge in [-0.2, -0.15) is 0 Å². The first-order valence-electron chi connectivity index (χ1n) is 11.5. The van der Waals surface area contributed by atoms with Crippen LogP contribution in [0.25, 0.3) is 16.8 Å². The predicted molar refractivity (Wildman–Crippen MR) is 131 cm³/mol. The quantitative estimate of drug-likeness (QED) is 0.389. The molecule has 0 fully saturated rings. The van der Waals surface area contributed by atoms with Gasteiger partial charge in [0.25, 0.3) is 0 Å². The Kier molecular flexibility index (Phi) is 8.40. The lowest BCUT2D eigenvalue weighted by molar-refractivity contribution is -0.117. The summed E-state index contributed by atoms with van der Waals surface area (Å²) < 4.78 is 0. The van der Waals surface area contributed by atoms with Gasteiger partial charge >= 0.3 is 0 Å². The number of rotatable bonds is 10. The van der Waals surface area contributed by atoms with E-state index in [9.17, 15) is 4.79 Å². The van der Waals surface area contributed by atoms with E-state index in [0.29, 0.717) is 0 Å². The SMILES string of the molecule is CCCCc1c(/C=C/C(=O)NC(C)CCCc2cccnc2)cc(C)c2ccccc12. The lowest BCUT2D eigenvalue weighted by atomic mass is 9.92. The average molecular weight is 415 g/mol. The zero-order valence-electron chi connectivity index (χ0n) is 19.0. The fraction of sp³-hybridized carbons (Fsp3) is 0.357. The maximum absolute atomic E-state index is 12.5. The van der Waals surface area contributed by atoms with E-state index >= 15 is 0 Å². The number of nitrogens with zero attached hydrogens (tertiary/aromatic N) is 1. The average Bonchev–Trinajstić information content (AvgIpc) is 2.78. The molecule has 3 nitrogen and oxygen atoms in total. The number of hydrogen-bond acceptors (Lipinski definition) is 2. The highest BCUT2D eigenvalue weighted by atomic mass is 16.1. The normalized spacial score (nSPS) is 12.4. The van der Waals surface area contributed by atoms with Crippen molar-refractivity contribution in [1.82, 2.24) is 10.3 Å². The van der Waals surface area contributed by atoms with E-state index in [0.717, 1.165) is 44.1 Å². The van der Waals surface area contributed by atoms with Crippen LogP contribution in [0.4, 0.5) is 0 Å². The molecule has 162 valence electrons. The third kappa shape index (κ3) is 6.52. The maximum atomic E-state index is 12.5. The van der Waals surface area contributed by atoms with Gasteiger partial charge in [-0.3, -0.25) is 9.78 Å². The minimum Gasteiger partial charge on any atom is -0.350 e. The lowest BCUT2D eigenvalue weighted by Gasteiger charge is -2.14. The second kappa shape index (κ2) is 11.5. The predicted octanol–water partition coefficient (Wildman–Crippen LogP) is 6.43. The van der Waals surface area contributed by atoms with E-state index in [1.54, 1.807) is 12.3 Å². The Bertz CT molecular complexity index is 1020. The van der Waals surface area contributed by atoms with Gasteiger partial charge in [-0.15, -0.1) is 0 Å². The molecule has 1 aromatic heterocycles. The van der Waals surface area contributed by atoms with E-state index in [-0.39, 0.29) is 11.9 Å². The van der Waals surface area contributed by atoms with Crippen LogP contribution >= 0.6 is 0 Å². The summed E-state index contributed by atoms with van der Waals surface area (Å²) in [4.78, 5) is 16.7. The minimum absolute atomic E-state index is 0.0267. The molecule has 1 amide bonds. The van der Waals surface area contributed by atoms with Crippen molar-refractivity contribution in [1.29, 1.82) is 0 Å². The van der Waals surface area contributed by atoms with Crippen LogP contribution in [0.5, 0.6) is 0 Å². The zero-order chi connectivity index (χ0) is 22.1. The highest BCUT2D eigenvalue weighted by molar-refractivity contribution is 5.95. The van der Waals surface area contributed by atoms with Crippen molar-refractivity contribution >= 4 is 22.8 Å². The highest BCUT2D eigenvalue weighted by Gasteiger charge is 2.10. The molecule has 3 rings (SSSR count). The molecular weight excluding hydrogens is 380 g/mol. The number of pyridine rings is 1. The first-order chi connectivity index (χ1) is 15.1. The summed E-state index contributed by atoms with van der Waals surface area (Å²) in [6, 6.07) is 15.0. The van der Waals surface area contributed by atoms with Crippen LogP contribution < -0.4 is 5.32 Å². The van der Waals surface area contributed by atoms with Crippen molar-refractivity contribution in [2.24, 2.45) is 0 Å². The van der Waals surface area contributed by atoms with Gasteiger partial charge in [-0.1, -0.05) is 49.7 Å². The van der Waals surface area contributed by atoms with Crippen LogP contribution in [0.15, 0.2) is 60.9 Å². The number of aryl methyl sites for hydroxylation is 3. The van der Waals surface area contributed by atoms with E-state index in [1.807, 2.05) is 18.3 Å². The van der Waals surface area contributed by atoms with Gasteiger partial charge < -0.3 is 5.32 Å². The monoisotopic (exact) mass is 414 g/mol. The first-order valence-corrected chi connectivity index (χ1v) is 11.5. The molecule has 0 bridgehead atoms. The topological polar surface area (TPSA) is 42.0 Å². The molecule has 0 aliphatic heterocycles. The number of unbranched alkanes of at least 4 members (excludes halogenated alkanes) is 1. The first kappa shape index (κ1) is 22.7. The van der Waals surface area contributed by atoms with Crippen molar-refractivity contribution in [2.45, 2.75) is 65.3 Å². The fourth-order valence-electron chi connectivity index (χ4n) is 4.11. The Morgan fingerprint density at radius 1 is 1.10 bits per heavy atom. The van der Waals surface area contributed by atoms with Gasteiger partial charge in [0.1, 0.15) is 0 Å². The van der Waals surface area contributed by atoms with E-state index in [2.05, 4.69) is 67.5 Å². The third-order valence-electron chi connectivity index (χ3n) is 5.81. The van der Waals surface area contributed by atoms with Gasteiger partial charge in [0.2, 0.25) is 5.91 Å². The minimum atomic E-state index is -0.0267. The zero-order valence-corrected chi connectivity index (χ0v) is 19.0. The highest BCUT2D eigenvalue weighted by Crippen LogP contribution is 2.28. The number of carbonyl (C=O) groups is 1. The van der Waals surface area contributed by atoms with Crippen molar-refractivity contribution in [2.75, 3.05) is 0 Å². The molecule has 0 aliphatic carbocycles. The summed E-state index contributed by atoms with van der Waals surface area (Å²) >= 11 is 0. The molecule has 1 heterocycles. The Balaban J connectivity index is 1.64. The van der Waals surface area contributed by atoms with Gasteiger partial charge in [-0.05, 0) is 91.1 Å². The molecule has 0 spiro atoms. The number of nitrogens with one attached hydrogen (secondary N) is 1. The molecule has 31 heavy (non-hydrogen) atoms. The summed E-state index contributed by atoms with van der Waals surface area (Å²) in [5, 5.41) is 5.72. The van der Waals surface area contributed by atoms with Crippen LogP contribution in [0.1, 0.15) is 61.8 Å². The molecule has 1 N–H and O–H groups in total. The summed E-state index contributed by atoms with van der Waals surface area (Å²) in [7, 11) is 0. The summed E-state index contributed by atoms with van der Waals surface area (Å²) in [6.45, 7) is 6.44. The number of hydrogen-bond donors (Lipinski definition) is 1. The second-order valence-electron chi connectivity index (χ2n) is 8.41. The molecule has 0 radical (unpaired) electrons. The number of amides is 1. The molecule has 1 atom stereocenters. The van der Waals surface area contributed by atoms with Crippen LogP contribution in [0, 0.1) is 6.92 Å². The molecule has 3 aromatic rings. The van der Waals surface area contributed by atoms with Gasteiger partial charge in [-0.25, -0.2) is 0 Å². The Hall–Kier alpha value is -2.94. The third-order valence-corrected chi connectivity index (χ3v) is 5.81. The summed E-state index contributed by atoms with van der Waals surface area (Å²) in [5.74, 6) is -0.0267. The van der Waals surface area contributed by atoms with E-state index < -0.39 is 0 Å². The van der Waals surface area contributed by atoms with Crippen molar-refractivity contribution in [3.8, 4) is 0 Å². The molecule has 1 unspecified atom stereocenters. The van der Waals surface area contributed by atoms with E-state index in [4.69, 9.17) is 0 Å².